The Morgan fingerprint density at radius 1 is 1.22 bits per heavy atom. The molecule has 3 heterocycles. The highest BCUT2D eigenvalue weighted by molar-refractivity contribution is 9.09. The van der Waals surface area contributed by atoms with Crippen LogP contribution in [0.2, 0.25) is 0 Å². The first-order valence-corrected chi connectivity index (χ1v) is 14.6. The van der Waals surface area contributed by atoms with Gasteiger partial charge in [-0.3, -0.25) is 14.4 Å². The lowest BCUT2D eigenvalue weighted by Crippen LogP contribution is -2.57. The standard InChI is InChI=1S/C28H36BrN3O4S/c1-5-12-30(17-19-10-8-7-9-11-19)25(34)21-22-26(35)32(14-15-33)24(27(36)31(13-6-2)18(3)4)28(22)16-20(29)23(21)37-28/h5-11,18,20-24,33H,1-2,12-17H2,3-4H3/t20?,21-,22+,23-,24?,28?/m1/s1. The summed E-state index contributed by atoms with van der Waals surface area (Å²) in [6.45, 7) is 12.5. The van der Waals surface area contributed by atoms with E-state index in [1.165, 1.54) is 4.90 Å². The minimum atomic E-state index is -0.741. The van der Waals surface area contributed by atoms with Crippen molar-refractivity contribution in [1.82, 2.24) is 14.7 Å². The Balaban J connectivity index is 1.73. The second-order valence-corrected chi connectivity index (χ2v) is 13.0. The van der Waals surface area contributed by atoms with E-state index in [2.05, 4.69) is 29.1 Å². The first-order chi connectivity index (χ1) is 17.7. The highest BCUT2D eigenvalue weighted by atomic mass is 79.9. The molecule has 3 amide bonds. The van der Waals surface area contributed by atoms with Crippen LogP contribution in [0.1, 0.15) is 25.8 Å². The Kier molecular flexibility index (Phi) is 8.55. The van der Waals surface area contributed by atoms with Gasteiger partial charge in [0.1, 0.15) is 6.04 Å². The zero-order valence-electron chi connectivity index (χ0n) is 21.5. The molecule has 3 saturated heterocycles. The number of fused-ring (bicyclic) bond motifs is 1. The molecule has 0 radical (unpaired) electrons. The van der Waals surface area contributed by atoms with Gasteiger partial charge in [-0.05, 0) is 25.8 Å². The van der Waals surface area contributed by atoms with Crippen molar-refractivity contribution in [3.63, 3.8) is 0 Å². The molecular weight excluding hydrogens is 554 g/mol. The highest BCUT2D eigenvalue weighted by Gasteiger charge is 2.76. The van der Waals surface area contributed by atoms with Crippen molar-refractivity contribution in [3.05, 3.63) is 61.2 Å². The Labute approximate surface area is 232 Å². The fourth-order valence-electron chi connectivity index (χ4n) is 6.29. The fourth-order valence-corrected chi connectivity index (χ4v) is 9.89. The number of benzene rings is 1. The van der Waals surface area contributed by atoms with Crippen molar-refractivity contribution in [3.8, 4) is 0 Å². The Morgan fingerprint density at radius 3 is 2.49 bits per heavy atom. The quantitative estimate of drug-likeness (QED) is 0.317. The summed E-state index contributed by atoms with van der Waals surface area (Å²) in [4.78, 5) is 47.2. The van der Waals surface area contributed by atoms with Crippen LogP contribution in [-0.4, -0.2) is 90.7 Å². The Hall–Kier alpha value is -2.10. The lowest BCUT2D eigenvalue weighted by Gasteiger charge is -2.39. The summed E-state index contributed by atoms with van der Waals surface area (Å²) in [5.41, 5.74) is 1.00. The third kappa shape index (κ3) is 4.79. The van der Waals surface area contributed by atoms with E-state index in [4.69, 9.17) is 0 Å². The van der Waals surface area contributed by atoms with Crippen LogP contribution in [0.4, 0.5) is 0 Å². The number of hydrogen-bond donors (Lipinski definition) is 1. The molecule has 0 saturated carbocycles. The number of aliphatic hydroxyl groups excluding tert-OH is 1. The van der Waals surface area contributed by atoms with Crippen LogP contribution in [0.15, 0.2) is 55.6 Å². The number of nitrogens with zero attached hydrogens (tertiary/aromatic N) is 3. The number of hydrogen-bond acceptors (Lipinski definition) is 5. The summed E-state index contributed by atoms with van der Waals surface area (Å²) in [6.07, 6.45) is 4.01. The van der Waals surface area contributed by atoms with Gasteiger partial charge in [0.15, 0.2) is 0 Å². The molecule has 3 aliphatic heterocycles. The van der Waals surface area contributed by atoms with Crippen molar-refractivity contribution >= 4 is 45.4 Å². The summed E-state index contributed by atoms with van der Waals surface area (Å²) < 4.78 is -0.733. The normalized spacial score (nSPS) is 29.9. The van der Waals surface area contributed by atoms with E-state index in [1.807, 2.05) is 44.2 Å². The summed E-state index contributed by atoms with van der Waals surface area (Å²) in [5.74, 6) is -1.63. The van der Waals surface area contributed by atoms with Crippen molar-refractivity contribution in [2.45, 2.75) is 53.7 Å². The molecule has 3 fully saturated rings. The van der Waals surface area contributed by atoms with Crippen LogP contribution < -0.4 is 0 Å². The molecule has 6 atom stereocenters. The predicted octanol–water partition coefficient (Wildman–Crippen LogP) is 3.08. The SMILES string of the molecule is C=CCN(Cc1ccccc1)C(=O)[C@H]1[C@@H]2SC3(CC2Br)C(C(=O)N(CC=C)C(C)C)N(CCO)C(=O)[C@H]13. The predicted molar refractivity (Wildman–Crippen MR) is 150 cm³/mol. The van der Waals surface area contributed by atoms with Gasteiger partial charge in [-0.1, -0.05) is 58.4 Å². The second-order valence-electron chi connectivity index (χ2n) is 10.3. The van der Waals surface area contributed by atoms with E-state index in [1.54, 1.807) is 33.7 Å². The van der Waals surface area contributed by atoms with Crippen LogP contribution in [0, 0.1) is 11.8 Å². The third-order valence-electron chi connectivity index (χ3n) is 7.76. The van der Waals surface area contributed by atoms with E-state index in [-0.39, 0.29) is 47.0 Å². The number of rotatable bonds is 11. The molecule has 3 aliphatic rings. The van der Waals surface area contributed by atoms with Crippen LogP contribution in [0.25, 0.3) is 0 Å². The number of amides is 3. The van der Waals surface area contributed by atoms with Gasteiger partial charge < -0.3 is 19.8 Å². The van der Waals surface area contributed by atoms with Crippen molar-refractivity contribution < 1.29 is 19.5 Å². The molecule has 4 rings (SSSR count). The number of alkyl halides is 1. The van der Waals surface area contributed by atoms with Crippen LogP contribution in [0.3, 0.4) is 0 Å². The van der Waals surface area contributed by atoms with Crippen LogP contribution >= 0.6 is 27.7 Å². The van der Waals surface area contributed by atoms with Crippen molar-refractivity contribution in [2.75, 3.05) is 26.2 Å². The topological polar surface area (TPSA) is 81.2 Å². The van der Waals surface area contributed by atoms with Gasteiger partial charge in [0, 0.05) is 42.3 Å². The fraction of sp³-hybridized carbons (Fsp3) is 0.536. The summed E-state index contributed by atoms with van der Waals surface area (Å²) in [7, 11) is 0. The number of halogens is 1. The largest absolute Gasteiger partial charge is 0.395 e. The number of β-amino-alcohol motifs (C(OH)–C–C–N with tert-alkyl or cyclic N) is 1. The minimum absolute atomic E-state index is 0.00547. The molecule has 2 bridgehead atoms. The van der Waals surface area contributed by atoms with Gasteiger partial charge in [-0.25, -0.2) is 0 Å². The number of likely N-dealkylation sites (tertiary alicyclic amines) is 1. The molecule has 37 heavy (non-hydrogen) atoms. The first-order valence-electron chi connectivity index (χ1n) is 12.8. The van der Waals surface area contributed by atoms with Gasteiger partial charge in [-0.2, -0.15) is 0 Å². The smallest absolute Gasteiger partial charge is 0.247 e. The van der Waals surface area contributed by atoms with Crippen LogP contribution in [-0.2, 0) is 20.9 Å². The van der Waals surface area contributed by atoms with Crippen LogP contribution in [0.5, 0.6) is 0 Å². The molecule has 1 N–H and O–H groups in total. The number of carbonyl (C=O) groups is 3. The lowest BCUT2D eigenvalue weighted by molar-refractivity contribution is -0.145. The molecule has 200 valence electrons. The third-order valence-corrected chi connectivity index (χ3v) is 11.0. The van der Waals surface area contributed by atoms with Gasteiger partial charge >= 0.3 is 0 Å². The monoisotopic (exact) mass is 589 g/mol. The Morgan fingerprint density at radius 2 is 1.89 bits per heavy atom. The van der Waals surface area contributed by atoms with Gasteiger partial charge in [-0.15, -0.1) is 24.9 Å². The summed E-state index contributed by atoms with van der Waals surface area (Å²) >= 11 is 5.43. The molecule has 3 unspecified atom stereocenters. The molecule has 1 spiro atoms. The average molecular weight is 591 g/mol. The van der Waals surface area contributed by atoms with E-state index in [0.29, 0.717) is 26.1 Å². The Bertz CT molecular complexity index is 1050. The zero-order valence-corrected chi connectivity index (χ0v) is 23.9. The molecule has 9 heteroatoms. The molecule has 7 nitrogen and oxygen atoms in total. The second kappa shape index (κ2) is 11.3. The average Bonchev–Trinajstić information content (AvgIpc) is 3.46. The zero-order chi connectivity index (χ0) is 26.9. The van der Waals surface area contributed by atoms with Gasteiger partial charge in [0.2, 0.25) is 17.7 Å². The van der Waals surface area contributed by atoms with Crippen molar-refractivity contribution in [1.29, 1.82) is 0 Å². The molecule has 0 aromatic heterocycles. The van der Waals surface area contributed by atoms with E-state index in [0.717, 1.165) is 5.56 Å². The van der Waals surface area contributed by atoms with E-state index < -0.39 is 22.6 Å². The number of carbonyl (C=O) groups excluding carboxylic acids is 3. The van der Waals surface area contributed by atoms with E-state index in [9.17, 15) is 19.5 Å². The van der Waals surface area contributed by atoms with E-state index >= 15 is 0 Å². The maximum absolute atomic E-state index is 14.2. The molecular formula is C28H36BrN3O4S. The summed E-state index contributed by atoms with van der Waals surface area (Å²) in [6, 6.07) is 8.95. The highest BCUT2D eigenvalue weighted by Crippen LogP contribution is 2.68. The van der Waals surface area contributed by atoms with Gasteiger partial charge in [0.25, 0.3) is 0 Å². The maximum atomic E-state index is 14.2. The summed E-state index contributed by atoms with van der Waals surface area (Å²) in [5, 5.41) is 9.72. The van der Waals surface area contributed by atoms with Crippen molar-refractivity contribution in [2.24, 2.45) is 11.8 Å². The lowest BCUT2D eigenvalue weighted by atomic mass is 9.70. The number of aliphatic hydroxyl groups is 1. The maximum Gasteiger partial charge on any atom is 0.247 e. The first kappa shape index (κ1) is 27.9. The van der Waals surface area contributed by atoms with Gasteiger partial charge in [0.05, 0.1) is 23.2 Å². The number of thioether (sulfide) groups is 1. The minimum Gasteiger partial charge on any atom is -0.395 e. The molecule has 1 aromatic rings. The molecule has 1 aromatic carbocycles. The molecule has 0 aliphatic carbocycles.